The number of nitrogens with zero attached hydrogens (tertiary/aromatic N) is 5. The SMILES string of the molecule is N#Cc1c(CCCNc2nc(N)c3ccccc3n2)nn(-c2ccccc2)c1N. The van der Waals surface area contributed by atoms with Crippen LogP contribution in [0.25, 0.3) is 16.6 Å². The standard InChI is InChI=1S/C21H20N8/c22-13-16-18(28-29(20(16)24)14-7-2-1-3-8-14)11-6-12-25-21-26-17-10-5-4-9-15(17)19(23)27-21/h1-5,7-10H,6,11-12,24H2,(H3,23,25,26,27). The largest absolute Gasteiger partial charge is 0.383 e. The molecule has 2 aromatic carbocycles. The molecule has 0 aliphatic heterocycles. The van der Waals surface area contributed by atoms with Gasteiger partial charge in [0.05, 0.1) is 16.9 Å². The van der Waals surface area contributed by atoms with Crippen molar-refractivity contribution in [2.45, 2.75) is 12.8 Å². The Kier molecular flexibility index (Phi) is 4.95. The van der Waals surface area contributed by atoms with Crippen LogP contribution in [0.4, 0.5) is 17.6 Å². The number of benzene rings is 2. The normalized spacial score (nSPS) is 10.7. The van der Waals surface area contributed by atoms with Crippen LogP contribution in [-0.2, 0) is 6.42 Å². The Morgan fingerprint density at radius 2 is 1.76 bits per heavy atom. The molecule has 0 saturated heterocycles. The van der Waals surface area contributed by atoms with Crippen molar-refractivity contribution < 1.29 is 0 Å². The van der Waals surface area contributed by atoms with Crippen molar-refractivity contribution in [3.05, 3.63) is 65.9 Å². The smallest absolute Gasteiger partial charge is 0.225 e. The van der Waals surface area contributed by atoms with E-state index in [2.05, 4.69) is 26.5 Å². The van der Waals surface area contributed by atoms with E-state index in [1.807, 2.05) is 54.6 Å². The summed E-state index contributed by atoms with van der Waals surface area (Å²) >= 11 is 0. The number of nitrogens with two attached hydrogens (primary N) is 2. The molecular formula is C21H20N8. The lowest BCUT2D eigenvalue weighted by Gasteiger charge is -2.07. The molecule has 0 aliphatic rings. The van der Waals surface area contributed by atoms with Gasteiger partial charge in [0.15, 0.2) is 0 Å². The summed E-state index contributed by atoms with van der Waals surface area (Å²) in [6.45, 7) is 0.612. The van der Waals surface area contributed by atoms with Crippen LogP contribution in [0.2, 0.25) is 0 Å². The predicted octanol–water partition coefficient (Wildman–Crippen LogP) is 2.90. The first-order valence-corrected chi connectivity index (χ1v) is 9.26. The van der Waals surface area contributed by atoms with Gasteiger partial charge in [-0.15, -0.1) is 0 Å². The molecule has 144 valence electrons. The Bertz CT molecular complexity index is 1190. The van der Waals surface area contributed by atoms with E-state index in [1.165, 1.54) is 0 Å². The molecule has 4 aromatic rings. The number of hydrogen-bond donors (Lipinski definition) is 3. The van der Waals surface area contributed by atoms with Gasteiger partial charge in [-0.05, 0) is 37.1 Å². The summed E-state index contributed by atoms with van der Waals surface area (Å²) in [6, 6.07) is 19.3. The quantitative estimate of drug-likeness (QED) is 0.435. The third-order valence-electron chi connectivity index (χ3n) is 4.61. The number of aromatic nitrogens is 4. The van der Waals surface area contributed by atoms with Gasteiger partial charge in [0.1, 0.15) is 23.3 Å². The van der Waals surface area contributed by atoms with Crippen molar-refractivity contribution in [2.24, 2.45) is 0 Å². The maximum Gasteiger partial charge on any atom is 0.225 e. The first-order valence-electron chi connectivity index (χ1n) is 9.26. The topological polar surface area (TPSA) is 131 Å². The van der Waals surface area contributed by atoms with Crippen molar-refractivity contribution in [3.63, 3.8) is 0 Å². The molecular weight excluding hydrogens is 364 g/mol. The Morgan fingerprint density at radius 1 is 1.00 bits per heavy atom. The Labute approximate surface area is 167 Å². The Morgan fingerprint density at radius 3 is 2.55 bits per heavy atom. The summed E-state index contributed by atoms with van der Waals surface area (Å²) in [6.07, 6.45) is 1.33. The minimum Gasteiger partial charge on any atom is -0.383 e. The lowest BCUT2D eigenvalue weighted by molar-refractivity contribution is 0.787. The molecule has 29 heavy (non-hydrogen) atoms. The molecule has 0 radical (unpaired) electrons. The molecule has 0 atom stereocenters. The molecule has 0 aliphatic carbocycles. The third-order valence-corrected chi connectivity index (χ3v) is 4.61. The number of nitrogens with one attached hydrogen (secondary N) is 1. The number of hydrogen-bond acceptors (Lipinski definition) is 7. The summed E-state index contributed by atoms with van der Waals surface area (Å²) in [5.74, 6) is 1.28. The lowest BCUT2D eigenvalue weighted by atomic mass is 10.1. The van der Waals surface area contributed by atoms with Gasteiger partial charge >= 0.3 is 0 Å². The molecule has 2 heterocycles. The highest BCUT2D eigenvalue weighted by atomic mass is 15.3. The van der Waals surface area contributed by atoms with Gasteiger partial charge < -0.3 is 16.8 Å². The van der Waals surface area contributed by atoms with E-state index in [0.717, 1.165) is 23.0 Å². The molecule has 0 spiro atoms. The zero-order valence-electron chi connectivity index (χ0n) is 15.7. The number of rotatable bonds is 6. The minimum absolute atomic E-state index is 0.354. The number of para-hydroxylation sites is 2. The van der Waals surface area contributed by atoms with E-state index < -0.39 is 0 Å². The fraction of sp³-hybridized carbons (Fsp3) is 0.143. The predicted molar refractivity (Wildman–Crippen MR) is 113 cm³/mol. The van der Waals surface area contributed by atoms with E-state index in [1.54, 1.807) is 4.68 Å². The van der Waals surface area contributed by atoms with E-state index in [0.29, 0.717) is 41.8 Å². The number of nitrogen functional groups attached to an aromatic ring is 2. The number of nitriles is 1. The van der Waals surface area contributed by atoms with E-state index in [-0.39, 0.29) is 0 Å². The van der Waals surface area contributed by atoms with Gasteiger partial charge in [-0.3, -0.25) is 0 Å². The first kappa shape index (κ1) is 18.3. The average molecular weight is 384 g/mol. The van der Waals surface area contributed by atoms with Crippen molar-refractivity contribution in [1.29, 1.82) is 5.26 Å². The van der Waals surface area contributed by atoms with Gasteiger partial charge in [-0.25, -0.2) is 9.67 Å². The summed E-state index contributed by atoms with van der Waals surface area (Å²) < 4.78 is 1.61. The van der Waals surface area contributed by atoms with E-state index in [9.17, 15) is 5.26 Å². The minimum atomic E-state index is 0.354. The van der Waals surface area contributed by atoms with Crippen LogP contribution in [0.1, 0.15) is 17.7 Å². The van der Waals surface area contributed by atoms with Crippen molar-refractivity contribution in [3.8, 4) is 11.8 Å². The van der Waals surface area contributed by atoms with Gasteiger partial charge in [0.2, 0.25) is 5.95 Å². The number of anilines is 3. The maximum absolute atomic E-state index is 9.49. The summed E-state index contributed by atoms with van der Waals surface area (Å²) in [7, 11) is 0. The van der Waals surface area contributed by atoms with Crippen LogP contribution in [0.15, 0.2) is 54.6 Å². The highest BCUT2D eigenvalue weighted by Gasteiger charge is 2.16. The zero-order valence-corrected chi connectivity index (χ0v) is 15.7. The van der Waals surface area contributed by atoms with Gasteiger partial charge in [-0.1, -0.05) is 30.3 Å². The fourth-order valence-electron chi connectivity index (χ4n) is 3.18. The second-order valence-corrected chi connectivity index (χ2v) is 6.55. The maximum atomic E-state index is 9.49. The van der Waals surface area contributed by atoms with Crippen LogP contribution >= 0.6 is 0 Å². The third kappa shape index (κ3) is 3.66. The van der Waals surface area contributed by atoms with Crippen molar-refractivity contribution >= 4 is 28.5 Å². The molecule has 0 unspecified atom stereocenters. The molecule has 0 amide bonds. The molecule has 8 nitrogen and oxygen atoms in total. The number of fused-ring (bicyclic) bond motifs is 1. The van der Waals surface area contributed by atoms with Gasteiger partial charge in [-0.2, -0.15) is 15.3 Å². The van der Waals surface area contributed by atoms with E-state index in [4.69, 9.17) is 11.5 Å². The Hall–Kier alpha value is -4.12. The van der Waals surface area contributed by atoms with Gasteiger partial charge in [0.25, 0.3) is 0 Å². The molecule has 5 N–H and O–H groups in total. The monoisotopic (exact) mass is 384 g/mol. The van der Waals surface area contributed by atoms with Gasteiger partial charge in [0, 0.05) is 11.9 Å². The summed E-state index contributed by atoms with van der Waals surface area (Å²) in [5.41, 5.74) is 14.9. The average Bonchev–Trinajstić information content (AvgIpc) is 3.07. The second kappa shape index (κ2) is 7.86. The fourth-order valence-corrected chi connectivity index (χ4v) is 3.18. The van der Waals surface area contributed by atoms with Crippen molar-refractivity contribution in [1.82, 2.24) is 19.7 Å². The van der Waals surface area contributed by atoms with Crippen LogP contribution in [-0.4, -0.2) is 26.3 Å². The van der Waals surface area contributed by atoms with E-state index >= 15 is 0 Å². The highest BCUT2D eigenvalue weighted by molar-refractivity contribution is 5.88. The molecule has 4 rings (SSSR count). The van der Waals surface area contributed by atoms with Crippen molar-refractivity contribution in [2.75, 3.05) is 23.3 Å². The van der Waals surface area contributed by atoms with Crippen LogP contribution in [0.5, 0.6) is 0 Å². The molecule has 2 aromatic heterocycles. The highest BCUT2D eigenvalue weighted by Crippen LogP contribution is 2.22. The molecule has 0 fully saturated rings. The van der Waals surface area contributed by atoms with Crippen LogP contribution in [0, 0.1) is 11.3 Å². The zero-order chi connectivity index (χ0) is 20.2. The second-order valence-electron chi connectivity index (χ2n) is 6.55. The molecule has 8 heteroatoms. The molecule has 0 saturated carbocycles. The van der Waals surface area contributed by atoms with Crippen LogP contribution < -0.4 is 16.8 Å². The summed E-state index contributed by atoms with van der Waals surface area (Å²) in [5, 5.41) is 18.1. The lowest BCUT2D eigenvalue weighted by Crippen LogP contribution is -2.08. The Balaban J connectivity index is 1.44. The molecule has 0 bridgehead atoms. The summed E-state index contributed by atoms with van der Waals surface area (Å²) in [4.78, 5) is 8.78. The number of aryl methyl sites for hydroxylation is 1. The first-order chi connectivity index (χ1) is 14.2. The van der Waals surface area contributed by atoms with Crippen LogP contribution in [0.3, 0.4) is 0 Å².